The summed E-state index contributed by atoms with van der Waals surface area (Å²) in [4.78, 5) is 41.4. The second-order valence-electron chi connectivity index (χ2n) is 8.77. The Kier molecular flexibility index (Phi) is 6.79. The molecule has 1 aliphatic carbocycles. The van der Waals surface area contributed by atoms with Crippen LogP contribution in [0.4, 0.5) is 28.4 Å². The predicted octanol–water partition coefficient (Wildman–Crippen LogP) is 4.31. The lowest BCUT2D eigenvalue weighted by molar-refractivity contribution is -0.137. The van der Waals surface area contributed by atoms with E-state index in [0.717, 1.165) is 35.4 Å². The molecule has 0 aromatic heterocycles. The zero-order valence-corrected chi connectivity index (χ0v) is 21.0. The summed E-state index contributed by atoms with van der Waals surface area (Å²) in [6, 6.07) is 5.83. The van der Waals surface area contributed by atoms with E-state index in [2.05, 4.69) is 5.32 Å². The zero-order chi connectivity index (χ0) is 28.0. The van der Waals surface area contributed by atoms with Crippen molar-refractivity contribution in [3.05, 3.63) is 70.4 Å². The van der Waals surface area contributed by atoms with E-state index in [9.17, 15) is 41.2 Å². The van der Waals surface area contributed by atoms with Crippen LogP contribution in [-0.2, 0) is 20.8 Å². The summed E-state index contributed by atoms with van der Waals surface area (Å²) in [5.41, 5.74) is -1.33. The number of rotatable bonds is 3. The number of hydrogen-bond acceptors (Lipinski definition) is 6. The van der Waals surface area contributed by atoms with Crippen LogP contribution in [0.1, 0.15) is 42.0 Å². The molecule has 13 heteroatoms. The Hall–Kier alpha value is -4.18. The lowest BCUT2D eigenvalue weighted by Crippen LogP contribution is -2.56. The molecule has 1 aliphatic heterocycles. The van der Waals surface area contributed by atoms with Gasteiger partial charge in [0.2, 0.25) is 0 Å². The fourth-order valence-corrected chi connectivity index (χ4v) is 5.66. The number of nitriles is 1. The van der Waals surface area contributed by atoms with Gasteiger partial charge in [0.1, 0.15) is 6.04 Å². The molecule has 198 valence electrons. The standard InChI is InChI=1S/C25H21F3N4O5S/c1-30-23(34)32-22(17-10-9-14(13-29)11-20(17)38(2,36)37)21-18(7-4-8-19(21)33)31(24(32)35)16-6-3-5-15(12-16)25(26,27)28/h3,5-6,9-12,22H,4,7-8H2,1-2H3,(H,30,34)/t22-/m1/s1. The van der Waals surface area contributed by atoms with E-state index in [0.29, 0.717) is 11.3 Å². The molecule has 2 aromatic rings. The number of carbonyl (C=O) groups excluding carboxylic acids is 3. The van der Waals surface area contributed by atoms with Gasteiger partial charge in [0.15, 0.2) is 15.6 Å². The first-order valence-corrected chi connectivity index (χ1v) is 13.2. The van der Waals surface area contributed by atoms with Crippen molar-refractivity contribution in [3.8, 4) is 6.07 Å². The van der Waals surface area contributed by atoms with Gasteiger partial charge in [0, 0.05) is 31.0 Å². The number of halogens is 3. The molecule has 1 heterocycles. The topological polar surface area (TPSA) is 128 Å². The number of sulfone groups is 1. The Morgan fingerprint density at radius 1 is 1.13 bits per heavy atom. The van der Waals surface area contributed by atoms with Crippen LogP contribution in [0, 0.1) is 11.3 Å². The van der Waals surface area contributed by atoms with Crippen LogP contribution in [-0.4, -0.2) is 44.5 Å². The number of imide groups is 1. The van der Waals surface area contributed by atoms with Crippen molar-refractivity contribution in [1.29, 1.82) is 5.26 Å². The number of nitrogens with zero attached hydrogens (tertiary/aromatic N) is 3. The third-order valence-electron chi connectivity index (χ3n) is 6.33. The molecule has 4 amide bonds. The Morgan fingerprint density at radius 2 is 1.84 bits per heavy atom. The van der Waals surface area contributed by atoms with E-state index < -0.39 is 45.5 Å². The lowest BCUT2D eigenvalue weighted by atomic mass is 9.83. The molecule has 2 aromatic carbocycles. The van der Waals surface area contributed by atoms with Crippen molar-refractivity contribution < 1.29 is 36.0 Å². The largest absolute Gasteiger partial charge is 0.416 e. The number of nitrogens with one attached hydrogen (secondary N) is 1. The van der Waals surface area contributed by atoms with E-state index >= 15 is 0 Å². The van der Waals surface area contributed by atoms with Crippen LogP contribution >= 0.6 is 0 Å². The number of ketones is 1. The average Bonchev–Trinajstić information content (AvgIpc) is 2.86. The number of anilines is 1. The SMILES string of the molecule is CNC(=O)N1C(=O)N(c2cccc(C(F)(F)F)c2)C2=C(C(=O)CCC2)[C@H]1c1ccc(C#N)cc1S(C)(=O)=O. The summed E-state index contributed by atoms with van der Waals surface area (Å²) in [6.45, 7) is 0. The molecule has 1 atom stereocenters. The normalized spacial score (nSPS) is 18.3. The Morgan fingerprint density at radius 3 is 2.45 bits per heavy atom. The van der Waals surface area contributed by atoms with Gasteiger partial charge >= 0.3 is 18.2 Å². The summed E-state index contributed by atoms with van der Waals surface area (Å²) in [7, 11) is -2.81. The Labute approximate surface area is 216 Å². The number of alkyl halides is 3. The van der Waals surface area contributed by atoms with Crippen LogP contribution in [0.25, 0.3) is 0 Å². The second kappa shape index (κ2) is 9.60. The summed E-state index contributed by atoms with van der Waals surface area (Å²) < 4.78 is 65.8. The average molecular weight is 547 g/mol. The van der Waals surface area contributed by atoms with E-state index in [1.54, 1.807) is 0 Å². The van der Waals surface area contributed by atoms with Crippen molar-refractivity contribution in [1.82, 2.24) is 10.2 Å². The summed E-state index contributed by atoms with van der Waals surface area (Å²) in [5.74, 6) is -0.488. The highest BCUT2D eigenvalue weighted by molar-refractivity contribution is 7.90. The van der Waals surface area contributed by atoms with Gasteiger partial charge in [-0.1, -0.05) is 12.1 Å². The van der Waals surface area contributed by atoms with Gasteiger partial charge in [-0.05, 0) is 48.7 Å². The number of carbonyl (C=O) groups is 3. The van der Waals surface area contributed by atoms with Crippen molar-refractivity contribution in [2.24, 2.45) is 0 Å². The number of Topliss-reactive ketones (excluding diaryl/α,β-unsaturated/α-hetero) is 1. The van der Waals surface area contributed by atoms with Gasteiger partial charge in [-0.25, -0.2) is 22.9 Å². The van der Waals surface area contributed by atoms with Gasteiger partial charge in [-0.3, -0.25) is 9.69 Å². The maximum atomic E-state index is 13.9. The molecular formula is C25H21F3N4O5S. The molecule has 0 saturated heterocycles. The van der Waals surface area contributed by atoms with Crippen LogP contribution in [0.15, 0.2) is 58.6 Å². The van der Waals surface area contributed by atoms with Gasteiger partial charge in [0.05, 0.1) is 27.8 Å². The molecule has 2 aliphatic rings. The molecule has 0 unspecified atom stereocenters. The third kappa shape index (κ3) is 4.63. The van der Waals surface area contributed by atoms with Crippen LogP contribution in [0.2, 0.25) is 0 Å². The number of allylic oxidation sites excluding steroid dienone is 1. The summed E-state index contributed by atoms with van der Waals surface area (Å²) in [5, 5.41) is 11.6. The van der Waals surface area contributed by atoms with E-state index in [-0.39, 0.29) is 45.8 Å². The molecular weight excluding hydrogens is 525 g/mol. The molecule has 0 bridgehead atoms. The molecule has 1 N–H and O–H groups in total. The Balaban J connectivity index is 2.06. The van der Waals surface area contributed by atoms with Crippen molar-refractivity contribution in [3.63, 3.8) is 0 Å². The molecule has 9 nitrogen and oxygen atoms in total. The minimum Gasteiger partial charge on any atom is -0.341 e. The number of urea groups is 2. The fourth-order valence-electron chi connectivity index (χ4n) is 4.71. The number of hydrogen-bond donors (Lipinski definition) is 1. The quantitative estimate of drug-likeness (QED) is 0.611. The highest BCUT2D eigenvalue weighted by Gasteiger charge is 2.48. The first-order valence-electron chi connectivity index (χ1n) is 11.3. The molecule has 0 radical (unpaired) electrons. The van der Waals surface area contributed by atoms with Crippen molar-refractivity contribution >= 4 is 33.4 Å². The van der Waals surface area contributed by atoms with Crippen LogP contribution < -0.4 is 10.2 Å². The maximum absolute atomic E-state index is 13.9. The van der Waals surface area contributed by atoms with Gasteiger partial charge in [-0.2, -0.15) is 18.4 Å². The van der Waals surface area contributed by atoms with E-state index in [4.69, 9.17) is 0 Å². The van der Waals surface area contributed by atoms with Gasteiger partial charge in [-0.15, -0.1) is 0 Å². The zero-order valence-electron chi connectivity index (χ0n) is 20.2. The minimum absolute atomic E-state index is 0.00225. The lowest BCUT2D eigenvalue weighted by Gasteiger charge is -2.44. The number of benzene rings is 2. The highest BCUT2D eigenvalue weighted by Crippen LogP contribution is 2.46. The first-order chi connectivity index (χ1) is 17.8. The fraction of sp³-hybridized carbons (Fsp3) is 0.280. The molecule has 4 rings (SSSR count). The Bertz CT molecular complexity index is 1540. The first kappa shape index (κ1) is 26.9. The van der Waals surface area contributed by atoms with E-state index in [1.165, 1.54) is 25.2 Å². The second-order valence-corrected chi connectivity index (χ2v) is 10.8. The summed E-state index contributed by atoms with van der Waals surface area (Å²) in [6.07, 6.45) is -3.41. The smallest absolute Gasteiger partial charge is 0.341 e. The van der Waals surface area contributed by atoms with Crippen molar-refractivity contribution in [2.75, 3.05) is 18.2 Å². The summed E-state index contributed by atoms with van der Waals surface area (Å²) >= 11 is 0. The van der Waals surface area contributed by atoms with Crippen molar-refractivity contribution in [2.45, 2.75) is 36.4 Å². The third-order valence-corrected chi connectivity index (χ3v) is 7.48. The van der Waals surface area contributed by atoms with E-state index in [1.807, 2.05) is 6.07 Å². The molecule has 38 heavy (non-hydrogen) atoms. The van der Waals surface area contributed by atoms with Gasteiger partial charge in [0.25, 0.3) is 0 Å². The van der Waals surface area contributed by atoms with Crippen LogP contribution in [0.3, 0.4) is 0 Å². The minimum atomic E-state index is -4.72. The van der Waals surface area contributed by atoms with Gasteiger partial charge < -0.3 is 5.32 Å². The molecule has 0 fully saturated rings. The monoisotopic (exact) mass is 546 g/mol. The predicted molar refractivity (Wildman–Crippen MR) is 129 cm³/mol. The highest BCUT2D eigenvalue weighted by atomic mass is 32.2. The molecule has 0 saturated carbocycles. The molecule has 0 spiro atoms. The number of amides is 4. The maximum Gasteiger partial charge on any atom is 0.416 e. The van der Waals surface area contributed by atoms with Crippen LogP contribution in [0.5, 0.6) is 0 Å².